The van der Waals surface area contributed by atoms with Gasteiger partial charge in [0.15, 0.2) is 0 Å². The van der Waals surface area contributed by atoms with Crippen molar-refractivity contribution >= 4 is 12.4 Å². The number of likely N-dealkylation sites (N-methyl/N-ethyl adjacent to an activating group) is 2. The van der Waals surface area contributed by atoms with Gasteiger partial charge >= 0.3 is 0 Å². The van der Waals surface area contributed by atoms with Gasteiger partial charge in [-0.25, -0.2) is 0 Å². The average Bonchev–Trinajstić information content (AvgIpc) is 2.97. The van der Waals surface area contributed by atoms with Gasteiger partial charge in [-0.1, -0.05) is 6.92 Å². The van der Waals surface area contributed by atoms with E-state index in [-0.39, 0.29) is 12.4 Å². The summed E-state index contributed by atoms with van der Waals surface area (Å²) in [6, 6.07) is 0.826. The molecule has 2 fully saturated rings. The van der Waals surface area contributed by atoms with Crippen LogP contribution in [0.25, 0.3) is 0 Å². The average molecular weight is 276 g/mol. The maximum absolute atomic E-state index is 3.46. The Labute approximate surface area is 119 Å². The van der Waals surface area contributed by atoms with Gasteiger partial charge in [0.05, 0.1) is 0 Å². The first-order valence-corrected chi connectivity index (χ1v) is 7.43. The minimum absolute atomic E-state index is 0. The predicted molar refractivity (Wildman–Crippen MR) is 80.6 cm³/mol. The molecule has 2 unspecified atom stereocenters. The standard InChI is InChI=1S/C14H29N3.ClH/c1-3-17-9-4-5-14(17)12-16(2)10-7-13-6-8-15-11-13;/h13-15H,3-12H2,1-2H3;1H. The van der Waals surface area contributed by atoms with Gasteiger partial charge in [0.1, 0.15) is 0 Å². The maximum Gasteiger partial charge on any atom is 0.0223 e. The second kappa shape index (κ2) is 8.36. The molecule has 0 radical (unpaired) electrons. The van der Waals surface area contributed by atoms with E-state index in [1.54, 1.807) is 0 Å². The molecule has 18 heavy (non-hydrogen) atoms. The fourth-order valence-electron chi connectivity index (χ4n) is 3.33. The molecule has 2 rings (SSSR count). The SMILES string of the molecule is CCN1CCCC1CN(C)CCC1CCNC1.Cl. The van der Waals surface area contributed by atoms with Crippen LogP contribution in [0.3, 0.4) is 0 Å². The van der Waals surface area contributed by atoms with Crippen LogP contribution in [-0.4, -0.2) is 62.2 Å². The van der Waals surface area contributed by atoms with Crippen molar-refractivity contribution in [1.82, 2.24) is 15.1 Å². The number of nitrogens with zero attached hydrogens (tertiary/aromatic N) is 2. The monoisotopic (exact) mass is 275 g/mol. The third-order valence-corrected chi connectivity index (χ3v) is 4.51. The van der Waals surface area contributed by atoms with E-state index in [1.807, 2.05) is 0 Å². The summed E-state index contributed by atoms with van der Waals surface area (Å²) in [5, 5.41) is 3.46. The van der Waals surface area contributed by atoms with Gasteiger partial charge in [-0.05, 0) is 71.4 Å². The van der Waals surface area contributed by atoms with Crippen LogP contribution in [0.15, 0.2) is 0 Å². The van der Waals surface area contributed by atoms with E-state index in [4.69, 9.17) is 0 Å². The van der Waals surface area contributed by atoms with Crippen LogP contribution in [0.1, 0.15) is 32.6 Å². The van der Waals surface area contributed by atoms with Gasteiger partial charge in [0.25, 0.3) is 0 Å². The Hall–Kier alpha value is 0.170. The van der Waals surface area contributed by atoms with E-state index in [0.29, 0.717) is 0 Å². The summed E-state index contributed by atoms with van der Waals surface area (Å²) in [4.78, 5) is 5.20. The number of hydrogen-bond acceptors (Lipinski definition) is 3. The maximum atomic E-state index is 3.46. The van der Waals surface area contributed by atoms with Crippen molar-refractivity contribution in [3.8, 4) is 0 Å². The lowest BCUT2D eigenvalue weighted by Gasteiger charge is -2.28. The van der Waals surface area contributed by atoms with Crippen molar-refractivity contribution < 1.29 is 0 Å². The summed E-state index contributed by atoms with van der Waals surface area (Å²) in [5.74, 6) is 0.934. The first-order chi connectivity index (χ1) is 8.29. The third kappa shape index (κ3) is 4.69. The summed E-state index contributed by atoms with van der Waals surface area (Å²) in [7, 11) is 2.30. The predicted octanol–water partition coefficient (Wildman–Crippen LogP) is 1.82. The molecule has 0 aromatic carbocycles. The lowest BCUT2D eigenvalue weighted by molar-refractivity contribution is 0.193. The molecule has 2 atom stereocenters. The Kier molecular flexibility index (Phi) is 7.54. The molecule has 0 saturated carbocycles. The Balaban J connectivity index is 0.00000162. The third-order valence-electron chi connectivity index (χ3n) is 4.51. The van der Waals surface area contributed by atoms with Crippen LogP contribution in [0, 0.1) is 5.92 Å². The Morgan fingerprint density at radius 1 is 1.33 bits per heavy atom. The normalized spacial score (nSPS) is 28.8. The van der Waals surface area contributed by atoms with Gasteiger partial charge < -0.3 is 10.2 Å². The molecule has 2 aliphatic heterocycles. The van der Waals surface area contributed by atoms with Crippen molar-refractivity contribution in [2.24, 2.45) is 5.92 Å². The topological polar surface area (TPSA) is 18.5 Å². The van der Waals surface area contributed by atoms with E-state index < -0.39 is 0 Å². The van der Waals surface area contributed by atoms with Crippen LogP contribution in [-0.2, 0) is 0 Å². The number of nitrogens with one attached hydrogen (secondary N) is 1. The zero-order valence-corrected chi connectivity index (χ0v) is 12.8. The van der Waals surface area contributed by atoms with Crippen LogP contribution >= 0.6 is 12.4 Å². The van der Waals surface area contributed by atoms with Gasteiger partial charge in [0, 0.05) is 12.6 Å². The molecule has 2 saturated heterocycles. The summed E-state index contributed by atoms with van der Waals surface area (Å²) in [6.45, 7) is 9.88. The molecular weight excluding hydrogens is 246 g/mol. The van der Waals surface area contributed by atoms with Gasteiger partial charge in [-0.3, -0.25) is 4.90 Å². The fraction of sp³-hybridized carbons (Fsp3) is 1.00. The molecule has 0 amide bonds. The van der Waals surface area contributed by atoms with E-state index in [2.05, 4.69) is 29.1 Å². The lowest BCUT2D eigenvalue weighted by Crippen LogP contribution is -2.39. The fourth-order valence-corrected chi connectivity index (χ4v) is 3.33. The highest BCUT2D eigenvalue weighted by atomic mass is 35.5. The Bertz CT molecular complexity index is 219. The highest BCUT2D eigenvalue weighted by Crippen LogP contribution is 2.18. The summed E-state index contributed by atoms with van der Waals surface area (Å²) in [5.41, 5.74) is 0. The zero-order chi connectivity index (χ0) is 12.1. The quantitative estimate of drug-likeness (QED) is 0.798. The van der Waals surface area contributed by atoms with Gasteiger partial charge in [-0.2, -0.15) is 0 Å². The molecular formula is C14H30ClN3. The summed E-state index contributed by atoms with van der Waals surface area (Å²) < 4.78 is 0. The number of hydrogen-bond donors (Lipinski definition) is 1. The van der Waals surface area contributed by atoms with Crippen molar-refractivity contribution in [1.29, 1.82) is 0 Å². The van der Waals surface area contributed by atoms with Crippen LogP contribution in [0.2, 0.25) is 0 Å². The molecule has 3 nitrogen and oxygen atoms in total. The van der Waals surface area contributed by atoms with Crippen molar-refractivity contribution in [3.63, 3.8) is 0 Å². The van der Waals surface area contributed by atoms with Crippen LogP contribution < -0.4 is 5.32 Å². The molecule has 0 bridgehead atoms. The van der Waals surface area contributed by atoms with E-state index in [9.17, 15) is 0 Å². The molecule has 1 N–H and O–H groups in total. The van der Waals surface area contributed by atoms with Crippen molar-refractivity contribution in [2.45, 2.75) is 38.6 Å². The lowest BCUT2D eigenvalue weighted by atomic mass is 10.0. The molecule has 0 aromatic heterocycles. The Morgan fingerprint density at radius 3 is 2.83 bits per heavy atom. The first kappa shape index (κ1) is 16.2. The number of halogens is 1. The van der Waals surface area contributed by atoms with Crippen molar-refractivity contribution in [3.05, 3.63) is 0 Å². The molecule has 0 aliphatic carbocycles. The molecule has 4 heteroatoms. The number of rotatable bonds is 6. The van der Waals surface area contributed by atoms with E-state index >= 15 is 0 Å². The van der Waals surface area contributed by atoms with Gasteiger partial charge in [-0.15, -0.1) is 12.4 Å². The summed E-state index contributed by atoms with van der Waals surface area (Å²) in [6.07, 6.45) is 5.57. The van der Waals surface area contributed by atoms with Crippen LogP contribution in [0.5, 0.6) is 0 Å². The van der Waals surface area contributed by atoms with Crippen LogP contribution in [0.4, 0.5) is 0 Å². The molecule has 0 spiro atoms. The molecule has 2 aliphatic rings. The smallest absolute Gasteiger partial charge is 0.0223 e. The van der Waals surface area contributed by atoms with Crippen molar-refractivity contribution in [2.75, 3.05) is 46.3 Å². The van der Waals surface area contributed by atoms with E-state index in [1.165, 1.54) is 65.0 Å². The largest absolute Gasteiger partial charge is 0.316 e. The molecule has 2 heterocycles. The van der Waals surface area contributed by atoms with E-state index in [0.717, 1.165) is 12.0 Å². The number of likely N-dealkylation sites (tertiary alicyclic amines) is 1. The minimum atomic E-state index is 0. The second-order valence-electron chi connectivity index (χ2n) is 5.83. The highest BCUT2D eigenvalue weighted by Gasteiger charge is 2.24. The minimum Gasteiger partial charge on any atom is -0.316 e. The van der Waals surface area contributed by atoms with Gasteiger partial charge in [0.2, 0.25) is 0 Å². The summed E-state index contributed by atoms with van der Waals surface area (Å²) >= 11 is 0. The zero-order valence-electron chi connectivity index (χ0n) is 12.0. The molecule has 0 aromatic rings. The first-order valence-electron chi connectivity index (χ1n) is 7.43. The second-order valence-corrected chi connectivity index (χ2v) is 5.83. The molecule has 108 valence electrons. The highest BCUT2D eigenvalue weighted by molar-refractivity contribution is 5.85. The Morgan fingerprint density at radius 2 is 2.17 bits per heavy atom.